The number of ether oxygens (including phenoxy) is 1. The number of carbonyl (C=O) groups excluding carboxylic acids is 1. The average Bonchev–Trinajstić information content (AvgIpc) is 2.49. The monoisotopic (exact) mass is 284 g/mol. The van der Waals surface area contributed by atoms with Crippen LogP contribution in [-0.4, -0.2) is 12.0 Å². The second-order valence-corrected chi connectivity index (χ2v) is 4.92. The van der Waals surface area contributed by atoms with Crippen LogP contribution in [0, 0.1) is 6.92 Å². The molecule has 3 N–H and O–H groups in total. The number of hydrogen-bond donors (Lipinski definition) is 2. The van der Waals surface area contributed by atoms with Gasteiger partial charge in [-0.25, -0.2) is 0 Å². The minimum atomic E-state index is -0.576. The molecule has 0 spiro atoms. The van der Waals surface area contributed by atoms with Crippen molar-refractivity contribution in [2.24, 2.45) is 5.73 Å². The van der Waals surface area contributed by atoms with E-state index >= 15 is 0 Å². The third-order valence-corrected chi connectivity index (χ3v) is 3.20. The number of nitrogens with one attached hydrogen (secondary N) is 1. The minimum Gasteiger partial charge on any atom is -0.481 e. The first-order valence-corrected chi connectivity index (χ1v) is 6.92. The Bertz CT molecular complexity index is 626. The highest BCUT2D eigenvalue weighted by Gasteiger charge is 2.15. The summed E-state index contributed by atoms with van der Waals surface area (Å²) in [5.74, 6) is 0.531. The van der Waals surface area contributed by atoms with Gasteiger partial charge in [-0.15, -0.1) is 0 Å². The zero-order chi connectivity index (χ0) is 15.2. The predicted molar refractivity (Wildman–Crippen MR) is 84.2 cm³/mol. The van der Waals surface area contributed by atoms with Crippen molar-refractivity contribution in [1.29, 1.82) is 0 Å². The molecule has 0 aliphatic carbocycles. The standard InChI is InChI=1S/C17H20N2O2/c1-12-6-3-4-9-16(12)21-13(2)17(20)19-15-8-5-7-14(10-15)11-18/h3-10,13H,11,18H2,1-2H3,(H,19,20). The van der Waals surface area contributed by atoms with E-state index in [1.165, 1.54) is 0 Å². The molecule has 110 valence electrons. The summed E-state index contributed by atoms with van der Waals surface area (Å²) in [4.78, 5) is 12.2. The van der Waals surface area contributed by atoms with Gasteiger partial charge in [-0.2, -0.15) is 0 Å². The van der Waals surface area contributed by atoms with Crippen LogP contribution >= 0.6 is 0 Å². The van der Waals surface area contributed by atoms with Gasteiger partial charge in [-0.1, -0.05) is 30.3 Å². The molecule has 0 saturated carbocycles. The summed E-state index contributed by atoms with van der Waals surface area (Å²) in [5, 5.41) is 2.84. The summed E-state index contributed by atoms with van der Waals surface area (Å²) >= 11 is 0. The quantitative estimate of drug-likeness (QED) is 0.887. The van der Waals surface area contributed by atoms with E-state index < -0.39 is 6.10 Å². The molecular formula is C17H20N2O2. The molecule has 0 bridgehead atoms. The number of amides is 1. The van der Waals surface area contributed by atoms with Crippen LogP contribution in [0.2, 0.25) is 0 Å². The first-order chi connectivity index (χ1) is 10.1. The summed E-state index contributed by atoms with van der Waals surface area (Å²) in [6.45, 7) is 4.12. The first-order valence-electron chi connectivity index (χ1n) is 6.92. The second-order valence-electron chi connectivity index (χ2n) is 4.92. The van der Waals surface area contributed by atoms with Gasteiger partial charge in [0.1, 0.15) is 5.75 Å². The zero-order valence-corrected chi connectivity index (χ0v) is 12.3. The van der Waals surface area contributed by atoms with Gasteiger partial charge in [0, 0.05) is 12.2 Å². The first kappa shape index (κ1) is 15.1. The van der Waals surface area contributed by atoms with Crippen molar-refractivity contribution in [2.75, 3.05) is 5.32 Å². The van der Waals surface area contributed by atoms with E-state index in [4.69, 9.17) is 10.5 Å². The Balaban J connectivity index is 2.01. The third-order valence-electron chi connectivity index (χ3n) is 3.20. The van der Waals surface area contributed by atoms with E-state index in [1.807, 2.05) is 55.5 Å². The maximum absolute atomic E-state index is 12.2. The molecule has 0 aliphatic heterocycles. The van der Waals surface area contributed by atoms with Crippen LogP contribution in [0.4, 0.5) is 5.69 Å². The number of rotatable bonds is 5. The number of carbonyl (C=O) groups is 1. The van der Waals surface area contributed by atoms with Crippen LogP contribution in [0.15, 0.2) is 48.5 Å². The van der Waals surface area contributed by atoms with Gasteiger partial charge in [0.25, 0.3) is 5.91 Å². The number of hydrogen-bond acceptors (Lipinski definition) is 3. The van der Waals surface area contributed by atoms with Gasteiger partial charge in [-0.3, -0.25) is 4.79 Å². The van der Waals surface area contributed by atoms with Gasteiger partial charge >= 0.3 is 0 Å². The molecule has 0 aliphatic rings. The molecule has 2 aromatic carbocycles. The molecule has 1 atom stereocenters. The normalized spacial score (nSPS) is 11.8. The lowest BCUT2D eigenvalue weighted by molar-refractivity contribution is -0.122. The Morgan fingerprint density at radius 2 is 2.00 bits per heavy atom. The lowest BCUT2D eigenvalue weighted by atomic mass is 10.2. The summed E-state index contributed by atoms with van der Waals surface area (Å²) in [7, 11) is 0. The Morgan fingerprint density at radius 1 is 1.24 bits per heavy atom. The molecule has 0 fully saturated rings. The second kappa shape index (κ2) is 6.90. The highest BCUT2D eigenvalue weighted by Crippen LogP contribution is 2.18. The SMILES string of the molecule is Cc1ccccc1OC(C)C(=O)Nc1cccc(CN)c1. The molecule has 2 rings (SSSR count). The van der Waals surface area contributed by atoms with Crippen LogP contribution in [0.5, 0.6) is 5.75 Å². The molecule has 0 radical (unpaired) electrons. The van der Waals surface area contributed by atoms with Crippen molar-refractivity contribution in [3.63, 3.8) is 0 Å². The lowest BCUT2D eigenvalue weighted by Crippen LogP contribution is -2.30. The van der Waals surface area contributed by atoms with Crippen molar-refractivity contribution in [3.05, 3.63) is 59.7 Å². The number of benzene rings is 2. The number of nitrogens with two attached hydrogens (primary N) is 1. The maximum Gasteiger partial charge on any atom is 0.265 e. The minimum absolute atomic E-state index is 0.188. The fraction of sp³-hybridized carbons (Fsp3) is 0.235. The van der Waals surface area contributed by atoms with Crippen molar-refractivity contribution < 1.29 is 9.53 Å². The summed E-state index contributed by atoms with van der Waals surface area (Å²) in [5.41, 5.74) is 8.29. The van der Waals surface area contributed by atoms with E-state index in [0.29, 0.717) is 6.54 Å². The maximum atomic E-state index is 12.2. The third kappa shape index (κ3) is 4.07. The Hall–Kier alpha value is -2.33. The Labute approximate surface area is 124 Å². The van der Waals surface area contributed by atoms with Gasteiger partial charge in [0.05, 0.1) is 0 Å². The van der Waals surface area contributed by atoms with Gasteiger partial charge < -0.3 is 15.8 Å². The molecule has 2 aromatic rings. The van der Waals surface area contributed by atoms with Crippen LogP contribution in [0.1, 0.15) is 18.1 Å². The van der Waals surface area contributed by atoms with E-state index in [1.54, 1.807) is 6.92 Å². The molecule has 21 heavy (non-hydrogen) atoms. The number of para-hydroxylation sites is 1. The molecule has 4 nitrogen and oxygen atoms in total. The molecule has 0 aromatic heterocycles. The zero-order valence-electron chi connectivity index (χ0n) is 12.3. The summed E-state index contributed by atoms with van der Waals surface area (Å²) in [6.07, 6.45) is -0.576. The molecule has 0 heterocycles. The summed E-state index contributed by atoms with van der Waals surface area (Å²) < 4.78 is 5.70. The van der Waals surface area contributed by atoms with Gasteiger partial charge in [0.2, 0.25) is 0 Å². The Morgan fingerprint density at radius 3 is 2.71 bits per heavy atom. The summed E-state index contributed by atoms with van der Waals surface area (Å²) in [6, 6.07) is 15.1. The van der Waals surface area contributed by atoms with E-state index in [2.05, 4.69) is 5.32 Å². The molecule has 0 saturated heterocycles. The van der Waals surface area contributed by atoms with Gasteiger partial charge in [0.15, 0.2) is 6.10 Å². The van der Waals surface area contributed by atoms with Crippen LogP contribution in [0.3, 0.4) is 0 Å². The van der Waals surface area contributed by atoms with Gasteiger partial charge in [-0.05, 0) is 43.2 Å². The highest BCUT2D eigenvalue weighted by atomic mass is 16.5. The molecule has 4 heteroatoms. The largest absolute Gasteiger partial charge is 0.481 e. The van der Waals surface area contributed by atoms with E-state index in [-0.39, 0.29) is 5.91 Å². The highest BCUT2D eigenvalue weighted by molar-refractivity contribution is 5.94. The van der Waals surface area contributed by atoms with Crippen LogP contribution in [0.25, 0.3) is 0 Å². The molecular weight excluding hydrogens is 264 g/mol. The van der Waals surface area contributed by atoms with Crippen molar-refractivity contribution in [3.8, 4) is 5.75 Å². The van der Waals surface area contributed by atoms with E-state index in [9.17, 15) is 4.79 Å². The average molecular weight is 284 g/mol. The fourth-order valence-electron chi connectivity index (χ4n) is 1.95. The topological polar surface area (TPSA) is 64.3 Å². The van der Waals surface area contributed by atoms with E-state index in [0.717, 1.165) is 22.6 Å². The smallest absolute Gasteiger partial charge is 0.265 e. The molecule has 1 unspecified atom stereocenters. The fourth-order valence-corrected chi connectivity index (χ4v) is 1.95. The van der Waals surface area contributed by atoms with Crippen LogP contribution < -0.4 is 15.8 Å². The molecule has 1 amide bonds. The van der Waals surface area contributed by atoms with Crippen molar-refractivity contribution in [1.82, 2.24) is 0 Å². The number of anilines is 1. The van der Waals surface area contributed by atoms with Crippen LogP contribution in [-0.2, 0) is 11.3 Å². The Kier molecular flexibility index (Phi) is 4.95. The predicted octanol–water partition coefficient (Wildman–Crippen LogP) is 2.86. The number of aryl methyl sites for hydroxylation is 1. The van der Waals surface area contributed by atoms with Crippen molar-refractivity contribution >= 4 is 11.6 Å². The lowest BCUT2D eigenvalue weighted by Gasteiger charge is -2.16. The van der Waals surface area contributed by atoms with Crippen molar-refractivity contribution in [2.45, 2.75) is 26.5 Å².